The molecule has 3 rings (SSSR count). The van der Waals surface area contributed by atoms with Gasteiger partial charge in [0, 0.05) is 34.7 Å². The topological polar surface area (TPSA) is 61.6 Å². The Bertz CT molecular complexity index is 800. The van der Waals surface area contributed by atoms with Crippen molar-refractivity contribution in [3.8, 4) is 16.6 Å². The fraction of sp³-hybridized carbons (Fsp3) is 0.0625. The van der Waals surface area contributed by atoms with Crippen LogP contribution in [0.2, 0.25) is 0 Å². The zero-order valence-electron chi connectivity index (χ0n) is 11.4. The third kappa shape index (κ3) is 2.91. The average Bonchev–Trinajstić information content (AvgIpc) is 2.95. The van der Waals surface area contributed by atoms with Gasteiger partial charge >= 0.3 is 0 Å². The molecular weight excluding hydrogens is 280 g/mol. The average molecular weight is 292 g/mol. The zero-order chi connectivity index (χ0) is 14.7. The van der Waals surface area contributed by atoms with Crippen LogP contribution in [0.5, 0.6) is 0 Å². The van der Waals surface area contributed by atoms with Crippen molar-refractivity contribution >= 4 is 22.7 Å². The quantitative estimate of drug-likeness (QED) is 0.788. The Kier molecular flexibility index (Phi) is 3.63. The van der Waals surface area contributed by atoms with Crippen molar-refractivity contribution < 1.29 is 0 Å². The molecule has 0 unspecified atom stereocenters. The van der Waals surface area contributed by atoms with E-state index in [1.165, 1.54) is 0 Å². The van der Waals surface area contributed by atoms with E-state index in [9.17, 15) is 0 Å². The number of anilines is 2. The van der Waals surface area contributed by atoms with E-state index in [-0.39, 0.29) is 0 Å². The summed E-state index contributed by atoms with van der Waals surface area (Å²) in [6.45, 7) is 1.99. The minimum Gasteiger partial charge on any atom is -0.354 e. The van der Waals surface area contributed by atoms with Crippen LogP contribution in [-0.2, 0) is 0 Å². The maximum Gasteiger partial charge on any atom is 0.123 e. The Morgan fingerprint density at radius 2 is 2.00 bits per heavy atom. The van der Waals surface area contributed by atoms with Crippen molar-refractivity contribution in [1.82, 2.24) is 9.97 Å². The van der Waals surface area contributed by atoms with Gasteiger partial charge in [-0.2, -0.15) is 5.26 Å². The molecule has 1 aromatic carbocycles. The van der Waals surface area contributed by atoms with Crippen LogP contribution in [0.4, 0.5) is 11.4 Å². The largest absolute Gasteiger partial charge is 0.354 e. The van der Waals surface area contributed by atoms with Crippen molar-refractivity contribution in [2.75, 3.05) is 5.32 Å². The van der Waals surface area contributed by atoms with E-state index in [4.69, 9.17) is 5.26 Å². The normalized spacial score (nSPS) is 10.1. The molecule has 2 heterocycles. The molecule has 21 heavy (non-hydrogen) atoms. The Balaban J connectivity index is 1.83. The van der Waals surface area contributed by atoms with Gasteiger partial charge in [0.2, 0.25) is 0 Å². The van der Waals surface area contributed by atoms with Gasteiger partial charge in [-0.15, -0.1) is 11.3 Å². The molecule has 0 fully saturated rings. The van der Waals surface area contributed by atoms with Crippen molar-refractivity contribution in [3.63, 3.8) is 0 Å². The molecule has 0 spiro atoms. The molecule has 1 N–H and O–H groups in total. The Morgan fingerprint density at radius 3 is 2.67 bits per heavy atom. The standard InChI is InChI=1S/C16H12N4S/c1-11-10-21-16(19-11)12-2-4-14(5-3-12)20-15-6-7-18-9-13(15)8-17/h2-7,9-10H,1H3,(H,18,20). The molecule has 0 bridgehead atoms. The molecule has 0 aliphatic rings. The highest BCUT2D eigenvalue weighted by Crippen LogP contribution is 2.26. The van der Waals surface area contributed by atoms with Gasteiger partial charge in [-0.1, -0.05) is 0 Å². The lowest BCUT2D eigenvalue weighted by molar-refractivity contribution is 1.27. The van der Waals surface area contributed by atoms with Gasteiger partial charge in [0.25, 0.3) is 0 Å². The number of benzene rings is 1. The van der Waals surface area contributed by atoms with E-state index in [1.54, 1.807) is 29.8 Å². The van der Waals surface area contributed by atoms with E-state index in [0.29, 0.717) is 5.56 Å². The third-order valence-corrected chi connectivity index (χ3v) is 3.98. The fourth-order valence-electron chi connectivity index (χ4n) is 1.93. The molecule has 4 nitrogen and oxygen atoms in total. The predicted molar refractivity (Wildman–Crippen MR) is 84.5 cm³/mol. The molecule has 0 saturated heterocycles. The SMILES string of the molecule is Cc1csc(-c2ccc(Nc3ccncc3C#N)cc2)n1. The number of nitrogens with one attached hydrogen (secondary N) is 1. The lowest BCUT2D eigenvalue weighted by atomic mass is 10.2. The van der Waals surface area contributed by atoms with Gasteiger partial charge in [0.1, 0.15) is 11.1 Å². The first-order valence-electron chi connectivity index (χ1n) is 6.40. The van der Waals surface area contributed by atoms with Gasteiger partial charge in [0.15, 0.2) is 0 Å². The maximum atomic E-state index is 9.05. The Morgan fingerprint density at radius 1 is 1.19 bits per heavy atom. The van der Waals surface area contributed by atoms with E-state index in [0.717, 1.165) is 27.6 Å². The first-order valence-corrected chi connectivity index (χ1v) is 7.28. The Hall–Kier alpha value is -2.71. The minimum absolute atomic E-state index is 0.525. The van der Waals surface area contributed by atoms with E-state index >= 15 is 0 Å². The van der Waals surface area contributed by atoms with Crippen LogP contribution in [0.25, 0.3) is 10.6 Å². The summed E-state index contributed by atoms with van der Waals surface area (Å²) in [6.07, 6.45) is 3.21. The van der Waals surface area contributed by atoms with Crippen molar-refractivity contribution in [2.24, 2.45) is 0 Å². The lowest BCUT2D eigenvalue weighted by Gasteiger charge is -2.08. The van der Waals surface area contributed by atoms with Crippen molar-refractivity contribution in [3.05, 3.63) is 59.4 Å². The van der Waals surface area contributed by atoms with E-state index < -0.39 is 0 Å². The molecular formula is C16H12N4S. The number of thiazole rings is 1. The van der Waals surface area contributed by atoms with E-state index in [1.807, 2.05) is 36.6 Å². The molecule has 3 aromatic rings. The fourth-order valence-corrected chi connectivity index (χ4v) is 2.73. The van der Waals surface area contributed by atoms with Crippen LogP contribution in [0.3, 0.4) is 0 Å². The van der Waals surface area contributed by atoms with Crippen LogP contribution in [0.1, 0.15) is 11.3 Å². The summed E-state index contributed by atoms with van der Waals surface area (Å²) >= 11 is 1.64. The summed E-state index contributed by atoms with van der Waals surface area (Å²) < 4.78 is 0. The highest BCUT2D eigenvalue weighted by atomic mass is 32.1. The second-order valence-electron chi connectivity index (χ2n) is 4.53. The molecule has 0 aliphatic heterocycles. The summed E-state index contributed by atoms with van der Waals surface area (Å²) in [5.41, 5.74) is 4.33. The first kappa shape index (κ1) is 13.3. The number of aromatic nitrogens is 2. The highest BCUT2D eigenvalue weighted by molar-refractivity contribution is 7.13. The highest BCUT2D eigenvalue weighted by Gasteiger charge is 2.04. The number of rotatable bonds is 3. The van der Waals surface area contributed by atoms with Crippen molar-refractivity contribution in [1.29, 1.82) is 5.26 Å². The molecule has 0 atom stereocenters. The first-order chi connectivity index (χ1) is 10.3. The number of hydrogen-bond donors (Lipinski definition) is 1. The lowest BCUT2D eigenvalue weighted by Crippen LogP contribution is -1.94. The summed E-state index contributed by atoms with van der Waals surface area (Å²) in [7, 11) is 0. The molecule has 102 valence electrons. The summed E-state index contributed by atoms with van der Waals surface area (Å²) in [6, 6.07) is 11.9. The van der Waals surface area contributed by atoms with Crippen molar-refractivity contribution in [2.45, 2.75) is 6.92 Å². The second-order valence-corrected chi connectivity index (χ2v) is 5.39. The van der Waals surface area contributed by atoms with Gasteiger partial charge in [0.05, 0.1) is 11.3 Å². The summed E-state index contributed by atoms with van der Waals surface area (Å²) in [5.74, 6) is 0. The van der Waals surface area contributed by atoms with Gasteiger partial charge < -0.3 is 5.32 Å². The monoisotopic (exact) mass is 292 g/mol. The molecule has 0 aliphatic carbocycles. The van der Waals surface area contributed by atoms with Gasteiger partial charge in [-0.25, -0.2) is 4.98 Å². The number of pyridine rings is 1. The molecule has 0 amide bonds. The smallest absolute Gasteiger partial charge is 0.123 e. The predicted octanol–water partition coefficient (Wildman–Crippen LogP) is 4.13. The van der Waals surface area contributed by atoms with E-state index in [2.05, 4.69) is 21.4 Å². The molecule has 2 aromatic heterocycles. The number of nitriles is 1. The van der Waals surface area contributed by atoms with Gasteiger partial charge in [-0.05, 0) is 37.3 Å². The number of aryl methyl sites for hydroxylation is 1. The van der Waals surface area contributed by atoms with Crippen LogP contribution in [0.15, 0.2) is 48.1 Å². The minimum atomic E-state index is 0.525. The Labute approximate surface area is 126 Å². The number of nitrogens with zero attached hydrogens (tertiary/aromatic N) is 3. The molecule has 0 saturated carbocycles. The summed E-state index contributed by atoms with van der Waals surface area (Å²) in [4.78, 5) is 8.41. The molecule has 0 radical (unpaired) electrons. The van der Waals surface area contributed by atoms with Crippen LogP contribution < -0.4 is 5.32 Å². The zero-order valence-corrected chi connectivity index (χ0v) is 12.2. The molecule has 5 heteroatoms. The second kappa shape index (κ2) is 5.73. The number of hydrogen-bond acceptors (Lipinski definition) is 5. The van der Waals surface area contributed by atoms with Crippen LogP contribution in [-0.4, -0.2) is 9.97 Å². The van der Waals surface area contributed by atoms with Gasteiger partial charge in [-0.3, -0.25) is 4.98 Å². The maximum absolute atomic E-state index is 9.05. The van der Waals surface area contributed by atoms with Crippen LogP contribution in [0, 0.1) is 18.3 Å². The summed E-state index contributed by atoms with van der Waals surface area (Å²) in [5, 5.41) is 15.3. The van der Waals surface area contributed by atoms with Crippen LogP contribution >= 0.6 is 11.3 Å². The third-order valence-electron chi connectivity index (χ3n) is 2.97.